The van der Waals surface area contributed by atoms with Gasteiger partial charge >= 0.3 is 11.9 Å². The van der Waals surface area contributed by atoms with Crippen LogP contribution >= 0.6 is 0 Å². The quantitative estimate of drug-likeness (QED) is 0.256. The summed E-state index contributed by atoms with van der Waals surface area (Å²) < 4.78 is 0. The van der Waals surface area contributed by atoms with Crippen LogP contribution in [0.25, 0.3) is 44.4 Å². The van der Waals surface area contributed by atoms with E-state index in [0.29, 0.717) is 34.5 Å². The van der Waals surface area contributed by atoms with Gasteiger partial charge in [0.15, 0.2) is 0 Å². The van der Waals surface area contributed by atoms with Gasteiger partial charge < -0.3 is 20.2 Å². The van der Waals surface area contributed by atoms with Gasteiger partial charge in [-0.3, -0.25) is 4.79 Å². The molecule has 3 aromatic heterocycles. The van der Waals surface area contributed by atoms with E-state index in [1.807, 2.05) is 19.9 Å². The van der Waals surface area contributed by atoms with Crippen molar-refractivity contribution < 1.29 is 19.8 Å². The Bertz CT molecular complexity index is 1870. The molecule has 0 saturated heterocycles. The van der Waals surface area contributed by atoms with Gasteiger partial charge in [0.2, 0.25) is 0 Å². The van der Waals surface area contributed by atoms with E-state index in [2.05, 4.69) is 49.8 Å². The summed E-state index contributed by atoms with van der Waals surface area (Å²) in [5, 5.41) is 19.7. The Hall–Kier alpha value is -4.46. The van der Waals surface area contributed by atoms with E-state index in [-0.39, 0.29) is 12.0 Å². The minimum absolute atomic E-state index is 0.0404. The van der Waals surface area contributed by atoms with Crippen LogP contribution in [-0.4, -0.2) is 42.1 Å². The second kappa shape index (κ2) is 10.5. The van der Waals surface area contributed by atoms with Gasteiger partial charge in [-0.2, -0.15) is 0 Å². The number of aromatic nitrogens is 4. The molecule has 0 unspecified atom stereocenters. The fourth-order valence-corrected chi connectivity index (χ4v) is 6.17. The summed E-state index contributed by atoms with van der Waals surface area (Å²) in [4.78, 5) is 41.1. The molecule has 8 nitrogen and oxygen atoms in total. The van der Waals surface area contributed by atoms with E-state index in [0.717, 1.165) is 68.6 Å². The molecule has 2 aliphatic rings. The molecule has 8 heteroatoms. The smallest absolute Gasteiger partial charge is 0.338 e. The van der Waals surface area contributed by atoms with Crippen LogP contribution in [0.15, 0.2) is 18.2 Å². The molecule has 0 aliphatic carbocycles. The number of rotatable bonds is 6. The van der Waals surface area contributed by atoms with Crippen molar-refractivity contribution in [2.45, 2.75) is 74.1 Å². The lowest BCUT2D eigenvalue weighted by Gasteiger charge is -2.04. The van der Waals surface area contributed by atoms with Gasteiger partial charge in [-0.05, 0) is 117 Å². The first-order valence-corrected chi connectivity index (χ1v) is 14.1. The van der Waals surface area contributed by atoms with Gasteiger partial charge in [-0.25, -0.2) is 14.8 Å². The third kappa shape index (κ3) is 4.67. The zero-order chi connectivity index (χ0) is 29.7. The summed E-state index contributed by atoms with van der Waals surface area (Å²) in [6, 6.07) is 6.05. The van der Waals surface area contributed by atoms with Crippen LogP contribution in [0.4, 0.5) is 0 Å². The summed E-state index contributed by atoms with van der Waals surface area (Å²) in [6.45, 7) is 14.0. The fraction of sp³-hybridized carbons (Fsp3) is 0.333. The topological polar surface area (TPSA) is 132 Å². The highest BCUT2D eigenvalue weighted by Crippen LogP contribution is 2.37. The van der Waals surface area contributed by atoms with Crippen molar-refractivity contribution >= 4 is 56.3 Å². The summed E-state index contributed by atoms with van der Waals surface area (Å²) in [5.41, 5.74) is 13.8. The highest BCUT2D eigenvalue weighted by molar-refractivity contribution is 6.24. The molecule has 0 saturated carbocycles. The number of hydrogen-bond acceptors (Lipinski definition) is 4. The predicted molar refractivity (Wildman–Crippen MR) is 163 cm³/mol. The third-order valence-electron chi connectivity index (χ3n) is 8.57. The molecule has 0 fully saturated rings. The van der Waals surface area contributed by atoms with Crippen LogP contribution in [0.5, 0.6) is 0 Å². The van der Waals surface area contributed by atoms with Crippen LogP contribution in [0.1, 0.15) is 91.1 Å². The fourth-order valence-electron chi connectivity index (χ4n) is 6.17. The van der Waals surface area contributed by atoms with Crippen molar-refractivity contribution in [3.8, 4) is 0 Å². The van der Waals surface area contributed by atoms with Crippen LogP contribution in [-0.2, 0) is 22.4 Å². The predicted octanol–water partition coefficient (Wildman–Crippen LogP) is 7.18. The molecule has 4 N–H and O–H groups in total. The Morgan fingerprint density at radius 2 is 1.39 bits per heavy atom. The Morgan fingerprint density at radius 3 is 2.02 bits per heavy atom. The van der Waals surface area contributed by atoms with Crippen molar-refractivity contribution in [1.82, 2.24) is 19.9 Å². The number of nitrogens with zero attached hydrogens (tertiary/aromatic N) is 2. The molecule has 0 atom stereocenters. The maximum atomic E-state index is 12.5. The molecule has 212 valence electrons. The number of H-pyrrole nitrogens is 2. The first-order valence-electron chi connectivity index (χ1n) is 14.1. The van der Waals surface area contributed by atoms with E-state index in [9.17, 15) is 19.8 Å². The molecule has 8 bridgehead atoms. The van der Waals surface area contributed by atoms with Crippen molar-refractivity contribution in [3.63, 3.8) is 0 Å². The number of carbonyl (C=O) groups is 2. The van der Waals surface area contributed by atoms with E-state index in [1.165, 1.54) is 5.56 Å². The number of fused-ring (bicyclic) bond motifs is 8. The first kappa shape index (κ1) is 28.1. The Morgan fingerprint density at radius 1 is 0.732 bits per heavy atom. The monoisotopic (exact) mass is 552 g/mol. The molecular formula is C33H36N4O4. The Balaban J connectivity index is 2.02. The number of hydrogen-bond donors (Lipinski definition) is 4. The largest absolute Gasteiger partial charge is 0.481 e. The van der Waals surface area contributed by atoms with Crippen molar-refractivity contribution in [2.24, 2.45) is 0 Å². The van der Waals surface area contributed by atoms with Crippen molar-refractivity contribution in [3.05, 3.63) is 68.8 Å². The average molecular weight is 553 g/mol. The first-order chi connectivity index (χ1) is 19.5. The molecule has 5 heterocycles. The maximum Gasteiger partial charge on any atom is 0.338 e. The lowest BCUT2D eigenvalue weighted by molar-refractivity contribution is -0.137. The third-order valence-corrected chi connectivity index (χ3v) is 8.57. The second-order valence-corrected chi connectivity index (χ2v) is 10.9. The molecule has 0 aromatic carbocycles. The van der Waals surface area contributed by atoms with Crippen LogP contribution < -0.4 is 0 Å². The molecule has 0 spiro atoms. The average Bonchev–Trinajstić information content (AvgIpc) is 3.60. The number of carboxylic acid groups (broad SMARTS) is 2. The van der Waals surface area contributed by atoms with Crippen LogP contribution in [0.2, 0.25) is 0 Å². The van der Waals surface area contributed by atoms with Crippen LogP contribution in [0.3, 0.4) is 0 Å². The number of carboxylic acids is 2. The Labute approximate surface area is 238 Å². The van der Waals surface area contributed by atoms with Gasteiger partial charge in [-0.15, -0.1) is 0 Å². The maximum absolute atomic E-state index is 12.5. The molecule has 5 rings (SSSR count). The molecule has 0 radical (unpaired) electrons. The van der Waals surface area contributed by atoms with Gasteiger partial charge in [-0.1, -0.05) is 13.8 Å². The van der Waals surface area contributed by atoms with Crippen LogP contribution in [0, 0.1) is 20.8 Å². The Kier molecular flexibility index (Phi) is 7.19. The van der Waals surface area contributed by atoms with Crippen molar-refractivity contribution in [2.75, 3.05) is 0 Å². The zero-order valence-electron chi connectivity index (χ0n) is 24.7. The summed E-state index contributed by atoms with van der Waals surface area (Å²) >= 11 is 0. The number of aryl methyl sites for hydroxylation is 5. The summed E-state index contributed by atoms with van der Waals surface area (Å²) in [7, 11) is 0. The number of nitrogens with one attached hydrogen (secondary N) is 2. The molecule has 41 heavy (non-hydrogen) atoms. The highest BCUT2D eigenvalue weighted by Gasteiger charge is 2.27. The van der Waals surface area contributed by atoms with Gasteiger partial charge in [0.1, 0.15) is 0 Å². The van der Waals surface area contributed by atoms with E-state index >= 15 is 0 Å². The van der Waals surface area contributed by atoms with E-state index in [4.69, 9.17) is 9.97 Å². The number of allylic oxidation sites excluding steroid dienone is 3. The summed E-state index contributed by atoms with van der Waals surface area (Å²) in [5.74, 6) is -1.94. The second-order valence-electron chi connectivity index (χ2n) is 10.9. The standard InChI is InChI=1S/C33H36N4O4/c1-8-20-15(3)23-12-25-17(5)22(10-11-29(38)39)31(36-25)19(7)32-30(33(40)41)18(6)26(37-32)14-28-21(9-2)16(4)24(35-28)13-27(20)34-23/h12-14,34,36H,8-11H2,1-7H3,(H,38,39)(H,40,41). The molecule has 2 aliphatic heterocycles. The SMILES string of the molecule is CCC1=C(C)c2cc3[nH]c(cc4[nH]c(c(C)c5nc(cc1n2)C(C)=C5C(=O)O)c(CCC(=O)O)c4C)c(C)c3CC. The van der Waals surface area contributed by atoms with E-state index in [1.54, 1.807) is 6.92 Å². The number of aromatic amines is 2. The minimum atomic E-state index is -1.05. The summed E-state index contributed by atoms with van der Waals surface area (Å²) in [6.07, 6.45) is 1.90. The van der Waals surface area contributed by atoms with Gasteiger partial charge in [0.05, 0.1) is 28.3 Å². The van der Waals surface area contributed by atoms with Crippen molar-refractivity contribution in [1.29, 1.82) is 0 Å². The lowest BCUT2D eigenvalue weighted by atomic mass is 9.99. The molecule has 3 aromatic rings. The molecular weight excluding hydrogens is 516 g/mol. The van der Waals surface area contributed by atoms with E-state index < -0.39 is 11.9 Å². The van der Waals surface area contributed by atoms with Gasteiger partial charge in [0.25, 0.3) is 0 Å². The highest BCUT2D eigenvalue weighted by atomic mass is 16.4. The molecule has 0 amide bonds. The lowest BCUT2D eigenvalue weighted by Crippen LogP contribution is -2.02. The normalized spacial score (nSPS) is 13.3. The van der Waals surface area contributed by atoms with Gasteiger partial charge in [0, 0.05) is 28.5 Å². The zero-order valence-corrected chi connectivity index (χ0v) is 24.7. The minimum Gasteiger partial charge on any atom is -0.481 e. The number of aliphatic carboxylic acids is 2.